The highest BCUT2D eigenvalue weighted by molar-refractivity contribution is 6.38. The van der Waals surface area contributed by atoms with E-state index in [0.29, 0.717) is 23.8 Å². The largest absolute Gasteiger partial charge is 0.496 e. The fourth-order valence-electron chi connectivity index (χ4n) is 2.01. The summed E-state index contributed by atoms with van der Waals surface area (Å²) in [7, 11) is 1.46. The number of hydrogen-bond acceptors (Lipinski definition) is 4. The van der Waals surface area contributed by atoms with Crippen LogP contribution in [0.1, 0.15) is 30.1 Å². The second kappa shape index (κ2) is 7.06. The van der Waals surface area contributed by atoms with E-state index >= 15 is 0 Å². The Morgan fingerprint density at radius 3 is 2.59 bits per heavy atom. The monoisotopic (exact) mass is 304 g/mol. The second-order valence-electron chi connectivity index (χ2n) is 5.41. The summed E-state index contributed by atoms with van der Waals surface area (Å²) >= 11 is 0. The van der Waals surface area contributed by atoms with Crippen molar-refractivity contribution in [1.29, 1.82) is 0 Å². The van der Waals surface area contributed by atoms with Crippen LogP contribution in [0.15, 0.2) is 24.3 Å². The number of carbonyl (C=O) groups excluding carboxylic acids is 3. The lowest BCUT2D eigenvalue weighted by Crippen LogP contribution is -2.46. The standard InChI is InChI=1S/C16H20N2O4/c1-10(14(19)16(21)17-9-11-7-8-11)18-15(20)12-5-3-4-6-13(12)22-2/h3-6,10-11H,7-9H2,1-2H3,(H,17,21)(H,18,20). The summed E-state index contributed by atoms with van der Waals surface area (Å²) in [5.74, 6) is -0.843. The SMILES string of the molecule is COc1ccccc1C(=O)NC(C)C(=O)C(=O)NCC1CC1. The molecule has 1 aromatic rings. The van der Waals surface area contributed by atoms with Gasteiger partial charge in [0.2, 0.25) is 5.78 Å². The van der Waals surface area contributed by atoms with E-state index in [0.717, 1.165) is 12.8 Å². The van der Waals surface area contributed by atoms with Crippen LogP contribution in [0.2, 0.25) is 0 Å². The first-order valence-corrected chi connectivity index (χ1v) is 7.29. The van der Waals surface area contributed by atoms with E-state index < -0.39 is 23.6 Å². The summed E-state index contributed by atoms with van der Waals surface area (Å²) in [5, 5.41) is 5.12. The van der Waals surface area contributed by atoms with Gasteiger partial charge >= 0.3 is 0 Å². The lowest BCUT2D eigenvalue weighted by atomic mass is 10.1. The van der Waals surface area contributed by atoms with Crippen molar-refractivity contribution in [2.75, 3.05) is 13.7 Å². The van der Waals surface area contributed by atoms with Gasteiger partial charge in [0.1, 0.15) is 5.75 Å². The van der Waals surface area contributed by atoms with E-state index in [1.54, 1.807) is 24.3 Å². The molecule has 6 heteroatoms. The molecule has 1 saturated carbocycles. The predicted molar refractivity (Wildman–Crippen MR) is 80.7 cm³/mol. The predicted octanol–water partition coefficient (Wildman–Crippen LogP) is 0.909. The number of carbonyl (C=O) groups is 3. The average Bonchev–Trinajstić information content (AvgIpc) is 3.35. The minimum Gasteiger partial charge on any atom is -0.496 e. The van der Waals surface area contributed by atoms with Crippen LogP contribution in [0.25, 0.3) is 0 Å². The van der Waals surface area contributed by atoms with Crippen LogP contribution in [-0.4, -0.2) is 37.3 Å². The van der Waals surface area contributed by atoms with Crippen molar-refractivity contribution in [3.63, 3.8) is 0 Å². The highest BCUT2D eigenvalue weighted by Crippen LogP contribution is 2.27. The summed E-state index contributed by atoms with van der Waals surface area (Å²) in [6, 6.07) is 5.81. The first-order chi connectivity index (χ1) is 10.5. The zero-order chi connectivity index (χ0) is 16.1. The van der Waals surface area contributed by atoms with Crippen molar-refractivity contribution in [3.05, 3.63) is 29.8 Å². The molecule has 0 aromatic heterocycles. The number of Topliss-reactive ketones (excluding diaryl/α,β-unsaturated/α-hetero) is 1. The summed E-state index contributed by atoms with van der Waals surface area (Å²) < 4.78 is 5.10. The molecule has 0 heterocycles. The van der Waals surface area contributed by atoms with Crippen molar-refractivity contribution in [2.45, 2.75) is 25.8 Å². The Kier molecular flexibility index (Phi) is 5.14. The molecule has 118 valence electrons. The van der Waals surface area contributed by atoms with Crippen LogP contribution in [0.3, 0.4) is 0 Å². The third kappa shape index (κ3) is 4.07. The first-order valence-electron chi connectivity index (χ1n) is 7.29. The van der Waals surface area contributed by atoms with Gasteiger partial charge in [-0.15, -0.1) is 0 Å². The zero-order valence-electron chi connectivity index (χ0n) is 12.7. The number of methoxy groups -OCH3 is 1. The molecule has 1 atom stereocenters. The van der Waals surface area contributed by atoms with Crippen molar-refractivity contribution in [3.8, 4) is 5.75 Å². The average molecular weight is 304 g/mol. The molecule has 2 rings (SSSR count). The molecule has 0 saturated heterocycles. The molecule has 1 unspecified atom stereocenters. The van der Waals surface area contributed by atoms with Gasteiger partial charge in [-0.3, -0.25) is 14.4 Å². The summed E-state index contributed by atoms with van der Waals surface area (Å²) in [4.78, 5) is 35.8. The Bertz CT molecular complexity index is 581. The highest BCUT2D eigenvalue weighted by atomic mass is 16.5. The van der Waals surface area contributed by atoms with E-state index in [1.165, 1.54) is 14.0 Å². The smallest absolute Gasteiger partial charge is 0.289 e. The van der Waals surface area contributed by atoms with Gasteiger partial charge in [-0.05, 0) is 37.8 Å². The lowest BCUT2D eigenvalue weighted by molar-refractivity contribution is -0.138. The molecule has 0 spiro atoms. The van der Waals surface area contributed by atoms with Crippen LogP contribution in [0.4, 0.5) is 0 Å². The lowest BCUT2D eigenvalue weighted by Gasteiger charge is -2.14. The highest BCUT2D eigenvalue weighted by Gasteiger charge is 2.27. The van der Waals surface area contributed by atoms with Crippen molar-refractivity contribution < 1.29 is 19.1 Å². The Hall–Kier alpha value is -2.37. The van der Waals surface area contributed by atoms with Gasteiger partial charge in [0.05, 0.1) is 18.7 Å². The summed E-state index contributed by atoms with van der Waals surface area (Å²) in [6.45, 7) is 2.02. The maximum Gasteiger partial charge on any atom is 0.289 e. The van der Waals surface area contributed by atoms with Gasteiger partial charge in [-0.25, -0.2) is 0 Å². The third-order valence-electron chi connectivity index (χ3n) is 3.56. The number of ether oxygens (including phenoxy) is 1. The Morgan fingerprint density at radius 2 is 1.95 bits per heavy atom. The molecule has 22 heavy (non-hydrogen) atoms. The number of benzene rings is 1. The van der Waals surface area contributed by atoms with Crippen molar-refractivity contribution in [2.24, 2.45) is 5.92 Å². The minimum atomic E-state index is -0.892. The molecule has 6 nitrogen and oxygen atoms in total. The minimum absolute atomic E-state index is 0.322. The molecule has 1 aliphatic carbocycles. The Morgan fingerprint density at radius 1 is 1.27 bits per heavy atom. The Labute approximate surface area is 129 Å². The molecular formula is C16H20N2O4. The fourth-order valence-corrected chi connectivity index (χ4v) is 2.01. The Balaban J connectivity index is 1.91. The van der Waals surface area contributed by atoms with E-state index in [9.17, 15) is 14.4 Å². The maximum atomic E-state index is 12.2. The number of nitrogens with one attached hydrogen (secondary N) is 2. The van der Waals surface area contributed by atoms with Crippen LogP contribution in [0, 0.1) is 5.92 Å². The third-order valence-corrected chi connectivity index (χ3v) is 3.56. The van der Waals surface area contributed by atoms with Crippen LogP contribution < -0.4 is 15.4 Å². The molecular weight excluding hydrogens is 284 g/mol. The van der Waals surface area contributed by atoms with E-state index in [2.05, 4.69) is 10.6 Å². The van der Waals surface area contributed by atoms with E-state index in [4.69, 9.17) is 4.74 Å². The second-order valence-corrected chi connectivity index (χ2v) is 5.41. The molecule has 0 bridgehead atoms. The van der Waals surface area contributed by atoms with E-state index in [-0.39, 0.29) is 0 Å². The van der Waals surface area contributed by atoms with Gasteiger partial charge in [0.25, 0.3) is 11.8 Å². The molecule has 2 N–H and O–H groups in total. The van der Waals surface area contributed by atoms with Gasteiger partial charge in [-0.1, -0.05) is 12.1 Å². The van der Waals surface area contributed by atoms with Crippen LogP contribution in [0.5, 0.6) is 5.75 Å². The van der Waals surface area contributed by atoms with Crippen LogP contribution >= 0.6 is 0 Å². The van der Waals surface area contributed by atoms with Gasteiger partial charge in [-0.2, -0.15) is 0 Å². The van der Waals surface area contributed by atoms with Gasteiger partial charge in [0.15, 0.2) is 0 Å². The van der Waals surface area contributed by atoms with Crippen molar-refractivity contribution in [1.82, 2.24) is 10.6 Å². The summed E-state index contributed by atoms with van der Waals surface area (Å²) in [6.07, 6.45) is 2.18. The summed E-state index contributed by atoms with van der Waals surface area (Å²) in [5.41, 5.74) is 0.322. The van der Waals surface area contributed by atoms with Crippen LogP contribution in [-0.2, 0) is 9.59 Å². The van der Waals surface area contributed by atoms with Gasteiger partial charge in [0, 0.05) is 6.54 Å². The maximum absolute atomic E-state index is 12.2. The molecule has 1 aromatic carbocycles. The molecule has 1 fully saturated rings. The molecule has 0 radical (unpaired) electrons. The van der Waals surface area contributed by atoms with Gasteiger partial charge < -0.3 is 15.4 Å². The number of hydrogen-bond donors (Lipinski definition) is 2. The number of rotatable bonds is 7. The zero-order valence-corrected chi connectivity index (χ0v) is 12.7. The normalized spacial score (nSPS) is 14.8. The number of ketones is 1. The van der Waals surface area contributed by atoms with Crippen molar-refractivity contribution >= 4 is 17.6 Å². The fraction of sp³-hybridized carbons (Fsp3) is 0.438. The first kappa shape index (κ1) is 16.0. The molecule has 1 aliphatic rings. The number of para-hydroxylation sites is 1. The quantitative estimate of drug-likeness (QED) is 0.733. The molecule has 0 aliphatic heterocycles. The van der Waals surface area contributed by atoms with E-state index in [1.807, 2.05) is 0 Å². The molecule has 2 amide bonds. The number of amides is 2. The topological polar surface area (TPSA) is 84.5 Å².